The summed E-state index contributed by atoms with van der Waals surface area (Å²) in [6.07, 6.45) is 2.67. The number of pyridine rings is 1. The summed E-state index contributed by atoms with van der Waals surface area (Å²) in [5.41, 5.74) is 2.68. The van der Waals surface area contributed by atoms with E-state index >= 15 is 0 Å². The molecule has 11 heteroatoms. The summed E-state index contributed by atoms with van der Waals surface area (Å²) in [6.45, 7) is 5.79. The Morgan fingerprint density at radius 3 is 2.53 bits per heavy atom. The predicted octanol–water partition coefficient (Wildman–Crippen LogP) is 5.96. The van der Waals surface area contributed by atoms with E-state index in [1.165, 1.54) is 6.07 Å². The molecule has 2 aromatic heterocycles. The lowest BCUT2D eigenvalue weighted by Gasteiger charge is -2.24. The highest BCUT2D eigenvalue weighted by atomic mass is 32.2. The van der Waals surface area contributed by atoms with Crippen LogP contribution in [0.3, 0.4) is 0 Å². The van der Waals surface area contributed by atoms with Crippen LogP contribution in [0.5, 0.6) is 0 Å². The molecule has 0 saturated carbocycles. The van der Waals surface area contributed by atoms with Gasteiger partial charge in [-0.3, -0.25) is 9.67 Å². The van der Waals surface area contributed by atoms with Gasteiger partial charge in [-0.15, -0.1) is 0 Å². The van der Waals surface area contributed by atoms with Crippen LogP contribution in [0.15, 0.2) is 71.9 Å². The Morgan fingerprint density at radius 1 is 1.05 bits per heavy atom. The van der Waals surface area contributed by atoms with Crippen molar-refractivity contribution in [1.29, 1.82) is 0 Å². The van der Waals surface area contributed by atoms with E-state index in [9.17, 15) is 22.0 Å². The first-order valence-corrected chi connectivity index (χ1v) is 13.4. The molecule has 8 nitrogen and oxygen atoms in total. The fraction of sp³-hybridized carbons (Fsp3) is 0.222. The number of carbonyl (C=O) groups excluding carboxylic acids is 1. The number of hydrogen-bond acceptors (Lipinski definition) is 6. The summed E-state index contributed by atoms with van der Waals surface area (Å²) in [6, 6.07) is 12.2. The van der Waals surface area contributed by atoms with E-state index in [4.69, 9.17) is 4.74 Å². The molecule has 0 spiro atoms. The highest BCUT2D eigenvalue weighted by molar-refractivity contribution is 7.93. The molecule has 198 valence electrons. The Kier molecular flexibility index (Phi) is 7.86. The van der Waals surface area contributed by atoms with Crippen LogP contribution in [0.4, 0.5) is 19.3 Å². The number of hydrogen-bond donors (Lipinski definition) is 0. The molecule has 4 aromatic rings. The third kappa shape index (κ3) is 5.14. The van der Waals surface area contributed by atoms with E-state index in [1.807, 2.05) is 25.3 Å². The number of nitrogens with zero attached hydrogens (tertiary/aromatic N) is 4. The number of ether oxygens (including phenoxy) is 1. The van der Waals surface area contributed by atoms with Gasteiger partial charge in [0.15, 0.2) is 0 Å². The van der Waals surface area contributed by atoms with Crippen molar-refractivity contribution in [3.8, 4) is 22.5 Å². The number of sulfonamides is 1. The monoisotopic (exact) mass is 540 g/mol. The largest absolute Gasteiger partial charge is 0.448 e. The Labute approximate surface area is 219 Å². The minimum absolute atomic E-state index is 0.0695. The van der Waals surface area contributed by atoms with Gasteiger partial charge in [-0.1, -0.05) is 25.1 Å². The van der Waals surface area contributed by atoms with Gasteiger partial charge in [0.25, 0.3) is 10.0 Å². The van der Waals surface area contributed by atoms with Gasteiger partial charge in [0.05, 0.1) is 18.0 Å². The van der Waals surface area contributed by atoms with Gasteiger partial charge in [0.1, 0.15) is 22.2 Å². The minimum Gasteiger partial charge on any atom is -0.448 e. The summed E-state index contributed by atoms with van der Waals surface area (Å²) < 4.78 is 63.1. The van der Waals surface area contributed by atoms with Crippen LogP contribution in [0, 0.1) is 18.6 Å². The first-order valence-electron chi connectivity index (χ1n) is 11.9. The van der Waals surface area contributed by atoms with Gasteiger partial charge in [-0.2, -0.15) is 9.40 Å². The molecule has 0 aliphatic heterocycles. The SMILES string of the molecule is CCCOC(=O)N(c1cccc(-c2nn(CC)cc2-c2ccccn2)c1C)S(=O)(=O)c1cc(F)ccc1F. The zero-order chi connectivity index (χ0) is 27.4. The Morgan fingerprint density at radius 2 is 1.84 bits per heavy atom. The van der Waals surface area contributed by atoms with Gasteiger partial charge in [0, 0.05) is 30.1 Å². The highest BCUT2D eigenvalue weighted by Gasteiger charge is 2.36. The maximum Gasteiger partial charge on any atom is 0.428 e. The third-order valence-corrected chi connectivity index (χ3v) is 7.51. The van der Waals surface area contributed by atoms with Crippen molar-refractivity contribution in [2.24, 2.45) is 0 Å². The number of aryl methyl sites for hydroxylation is 1. The van der Waals surface area contributed by atoms with Gasteiger partial charge >= 0.3 is 6.09 Å². The molecule has 0 N–H and O–H groups in total. The third-order valence-electron chi connectivity index (χ3n) is 5.81. The average Bonchev–Trinajstić information content (AvgIpc) is 3.34. The van der Waals surface area contributed by atoms with Crippen molar-refractivity contribution >= 4 is 21.8 Å². The van der Waals surface area contributed by atoms with Crippen LogP contribution in [-0.2, 0) is 21.3 Å². The molecule has 0 atom stereocenters. The summed E-state index contributed by atoms with van der Waals surface area (Å²) in [5, 5.41) is 4.66. The van der Waals surface area contributed by atoms with Crippen LogP contribution in [0.2, 0.25) is 0 Å². The topological polar surface area (TPSA) is 94.4 Å². The molecule has 2 heterocycles. The number of aromatic nitrogens is 3. The molecular formula is C27H26F2N4O4S. The van der Waals surface area contributed by atoms with Crippen LogP contribution in [0.25, 0.3) is 22.5 Å². The lowest BCUT2D eigenvalue weighted by Crippen LogP contribution is -2.38. The smallest absolute Gasteiger partial charge is 0.428 e. The molecule has 0 radical (unpaired) electrons. The second-order valence-electron chi connectivity index (χ2n) is 8.37. The summed E-state index contributed by atoms with van der Waals surface area (Å²) in [7, 11) is -4.91. The van der Waals surface area contributed by atoms with E-state index in [0.717, 1.165) is 6.07 Å². The fourth-order valence-corrected chi connectivity index (χ4v) is 5.42. The molecule has 0 bridgehead atoms. The number of carbonyl (C=O) groups is 1. The fourth-order valence-electron chi connectivity index (χ4n) is 3.94. The molecule has 4 rings (SSSR count). The standard InChI is InChI=1S/C27H26F2N4O4S/c1-4-15-37-27(34)33(38(35,36)25-16-19(28)12-13-22(25)29)24-11-8-9-20(18(24)3)26-21(17-32(5-2)31-26)23-10-6-7-14-30-23/h6-14,16-17H,4-5,15H2,1-3H3. The van der Waals surface area contributed by atoms with Crippen molar-refractivity contribution in [2.75, 3.05) is 10.9 Å². The Bertz CT molecular complexity index is 1570. The van der Waals surface area contributed by atoms with Gasteiger partial charge < -0.3 is 4.74 Å². The van der Waals surface area contributed by atoms with Crippen molar-refractivity contribution < 1.29 is 26.7 Å². The normalized spacial score (nSPS) is 11.4. The number of halogens is 2. The molecule has 38 heavy (non-hydrogen) atoms. The van der Waals surface area contributed by atoms with Gasteiger partial charge in [0.2, 0.25) is 0 Å². The first-order chi connectivity index (χ1) is 18.2. The number of anilines is 1. The van der Waals surface area contributed by atoms with E-state index < -0.39 is 32.6 Å². The number of amides is 1. The van der Waals surface area contributed by atoms with Crippen molar-refractivity contribution in [3.05, 3.63) is 84.2 Å². The van der Waals surface area contributed by atoms with Crippen LogP contribution in [-0.4, -0.2) is 35.9 Å². The molecule has 0 fully saturated rings. The van der Waals surface area contributed by atoms with Crippen LogP contribution >= 0.6 is 0 Å². The van der Waals surface area contributed by atoms with E-state index in [-0.39, 0.29) is 12.3 Å². The molecular weight excluding hydrogens is 514 g/mol. The first kappa shape index (κ1) is 26.9. The van der Waals surface area contributed by atoms with Crippen LogP contribution < -0.4 is 4.31 Å². The maximum absolute atomic E-state index is 14.6. The van der Waals surface area contributed by atoms with Crippen molar-refractivity contribution in [2.45, 2.75) is 38.6 Å². The quantitative estimate of drug-likeness (QED) is 0.274. The van der Waals surface area contributed by atoms with E-state index in [1.54, 1.807) is 42.9 Å². The van der Waals surface area contributed by atoms with E-state index in [0.29, 0.717) is 57.5 Å². The van der Waals surface area contributed by atoms with E-state index in [2.05, 4.69) is 10.1 Å². The zero-order valence-corrected chi connectivity index (χ0v) is 21.9. The molecule has 2 aromatic carbocycles. The number of benzene rings is 2. The summed E-state index contributed by atoms with van der Waals surface area (Å²) in [5.74, 6) is -2.17. The summed E-state index contributed by atoms with van der Waals surface area (Å²) in [4.78, 5) is 16.6. The summed E-state index contributed by atoms with van der Waals surface area (Å²) >= 11 is 0. The van der Waals surface area contributed by atoms with Gasteiger partial charge in [-0.05, 0) is 62.2 Å². The highest BCUT2D eigenvalue weighted by Crippen LogP contribution is 2.37. The second-order valence-corrected chi connectivity index (χ2v) is 10.1. The Balaban J connectivity index is 1.93. The predicted molar refractivity (Wildman–Crippen MR) is 139 cm³/mol. The maximum atomic E-state index is 14.6. The lowest BCUT2D eigenvalue weighted by molar-refractivity contribution is 0.158. The molecule has 0 unspecified atom stereocenters. The molecule has 0 aliphatic carbocycles. The molecule has 0 aliphatic rings. The lowest BCUT2D eigenvalue weighted by atomic mass is 9.99. The van der Waals surface area contributed by atoms with Gasteiger partial charge in [-0.25, -0.2) is 22.0 Å². The molecule has 0 saturated heterocycles. The van der Waals surface area contributed by atoms with Crippen molar-refractivity contribution in [1.82, 2.24) is 14.8 Å². The van der Waals surface area contributed by atoms with Crippen LogP contribution in [0.1, 0.15) is 25.8 Å². The number of rotatable bonds is 8. The van der Waals surface area contributed by atoms with Crippen molar-refractivity contribution in [3.63, 3.8) is 0 Å². The minimum atomic E-state index is -4.91. The Hall–Kier alpha value is -4.12. The zero-order valence-electron chi connectivity index (χ0n) is 21.1. The molecule has 1 amide bonds. The second kappa shape index (κ2) is 11.1. The average molecular weight is 541 g/mol.